The maximum absolute atomic E-state index is 13.4. The van der Waals surface area contributed by atoms with E-state index in [1.54, 1.807) is 49.6 Å². The van der Waals surface area contributed by atoms with Crippen molar-refractivity contribution in [3.8, 4) is 22.8 Å². The van der Waals surface area contributed by atoms with Crippen LogP contribution in [0.15, 0.2) is 66.7 Å². The van der Waals surface area contributed by atoms with E-state index >= 15 is 0 Å². The Morgan fingerprint density at radius 3 is 2.58 bits per heavy atom. The van der Waals surface area contributed by atoms with Crippen LogP contribution in [-0.2, 0) is 0 Å². The molecule has 0 fully saturated rings. The van der Waals surface area contributed by atoms with Crippen LogP contribution in [0, 0.1) is 12.7 Å². The molecule has 0 saturated heterocycles. The number of aromatic nitrogens is 3. The summed E-state index contributed by atoms with van der Waals surface area (Å²) in [5.74, 6) is 0.0879. The Balaban J connectivity index is 1.75. The van der Waals surface area contributed by atoms with E-state index in [9.17, 15) is 9.18 Å². The van der Waals surface area contributed by atoms with Crippen molar-refractivity contribution >= 4 is 23.2 Å². The summed E-state index contributed by atoms with van der Waals surface area (Å²) < 4.78 is 20.1. The third-order valence-corrected chi connectivity index (χ3v) is 5.05. The van der Waals surface area contributed by atoms with Gasteiger partial charge >= 0.3 is 0 Å². The number of benzene rings is 3. The number of carbonyl (C=O) groups excluding carboxylic acids is 1. The average Bonchev–Trinajstić information content (AvgIpc) is 3.22. The maximum Gasteiger partial charge on any atom is 0.295 e. The van der Waals surface area contributed by atoms with Crippen LogP contribution in [0.3, 0.4) is 0 Å². The summed E-state index contributed by atoms with van der Waals surface area (Å²) in [4.78, 5) is 17.3. The van der Waals surface area contributed by atoms with E-state index in [1.165, 1.54) is 16.8 Å². The van der Waals surface area contributed by atoms with Crippen LogP contribution in [0.25, 0.3) is 17.1 Å². The standard InChI is InChI=1S/C23H18ClFN4O2/c1-14-6-11-18(13-20(14)24)29-22(15-7-9-16(25)10-8-15)27-21(28-29)23(30)26-17-4-3-5-19(12-17)31-2/h3-13H,1-2H3,(H,26,30). The van der Waals surface area contributed by atoms with Gasteiger partial charge in [0.25, 0.3) is 5.91 Å². The molecule has 0 aliphatic rings. The number of rotatable bonds is 5. The van der Waals surface area contributed by atoms with Crippen molar-refractivity contribution in [3.05, 3.63) is 89.0 Å². The van der Waals surface area contributed by atoms with Crippen LogP contribution in [0.2, 0.25) is 5.02 Å². The lowest BCUT2D eigenvalue weighted by Gasteiger charge is -2.07. The van der Waals surface area contributed by atoms with Gasteiger partial charge in [-0.3, -0.25) is 4.79 Å². The number of aryl methyl sites for hydroxylation is 1. The van der Waals surface area contributed by atoms with Crippen molar-refractivity contribution in [2.75, 3.05) is 12.4 Å². The summed E-state index contributed by atoms with van der Waals surface area (Å²) in [7, 11) is 1.55. The molecular formula is C23H18ClFN4O2. The van der Waals surface area contributed by atoms with E-state index in [2.05, 4.69) is 15.4 Å². The Hall–Kier alpha value is -3.71. The number of methoxy groups -OCH3 is 1. The predicted octanol–water partition coefficient (Wildman–Crippen LogP) is 5.30. The Morgan fingerprint density at radius 2 is 1.87 bits per heavy atom. The molecule has 0 unspecified atom stereocenters. The third kappa shape index (κ3) is 4.41. The molecule has 1 heterocycles. The zero-order chi connectivity index (χ0) is 22.0. The van der Waals surface area contributed by atoms with E-state index in [-0.39, 0.29) is 11.6 Å². The number of nitrogens with zero attached hydrogens (tertiary/aromatic N) is 3. The smallest absolute Gasteiger partial charge is 0.295 e. The van der Waals surface area contributed by atoms with Crippen LogP contribution in [0.1, 0.15) is 16.2 Å². The Kier molecular flexibility index (Phi) is 5.68. The molecule has 1 aromatic heterocycles. The number of amides is 1. The average molecular weight is 437 g/mol. The van der Waals surface area contributed by atoms with Crippen molar-refractivity contribution in [1.29, 1.82) is 0 Å². The molecule has 0 aliphatic carbocycles. The first-order valence-corrected chi connectivity index (χ1v) is 9.77. The van der Waals surface area contributed by atoms with Gasteiger partial charge in [0.1, 0.15) is 11.6 Å². The Labute approximate surface area is 183 Å². The van der Waals surface area contributed by atoms with Crippen molar-refractivity contribution in [3.63, 3.8) is 0 Å². The van der Waals surface area contributed by atoms with E-state index in [0.29, 0.717) is 33.5 Å². The monoisotopic (exact) mass is 436 g/mol. The summed E-state index contributed by atoms with van der Waals surface area (Å²) in [6.45, 7) is 1.89. The zero-order valence-electron chi connectivity index (χ0n) is 16.8. The summed E-state index contributed by atoms with van der Waals surface area (Å²) >= 11 is 6.29. The van der Waals surface area contributed by atoms with Gasteiger partial charge in [-0.15, -0.1) is 5.10 Å². The Morgan fingerprint density at radius 1 is 1.10 bits per heavy atom. The first-order valence-electron chi connectivity index (χ1n) is 9.39. The second-order valence-corrected chi connectivity index (χ2v) is 7.20. The Bertz CT molecular complexity index is 1250. The quantitative estimate of drug-likeness (QED) is 0.461. The molecule has 156 valence electrons. The highest BCUT2D eigenvalue weighted by Gasteiger charge is 2.19. The molecule has 0 bridgehead atoms. The summed E-state index contributed by atoms with van der Waals surface area (Å²) in [6, 6.07) is 18.2. The highest BCUT2D eigenvalue weighted by Crippen LogP contribution is 2.25. The van der Waals surface area contributed by atoms with Crippen LogP contribution in [0.4, 0.5) is 10.1 Å². The van der Waals surface area contributed by atoms with Gasteiger partial charge in [0.15, 0.2) is 5.82 Å². The van der Waals surface area contributed by atoms with Gasteiger partial charge in [-0.25, -0.2) is 14.1 Å². The number of hydrogen-bond donors (Lipinski definition) is 1. The molecule has 1 amide bonds. The van der Waals surface area contributed by atoms with E-state index in [1.807, 2.05) is 19.1 Å². The minimum atomic E-state index is -0.492. The van der Waals surface area contributed by atoms with Crippen LogP contribution in [-0.4, -0.2) is 27.8 Å². The number of ether oxygens (including phenoxy) is 1. The molecule has 31 heavy (non-hydrogen) atoms. The second-order valence-electron chi connectivity index (χ2n) is 6.80. The largest absolute Gasteiger partial charge is 0.497 e. The highest BCUT2D eigenvalue weighted by atomic mass is 35.5. The van der Waals surface area contributed by atoms with Gasteiger partial charge < -0.3 is 10.1 Å². The van der Waals surface area contributed by atoms with E-state index in [0.717, 1.165) is 5.56 Å². The molecular weight excluding hydrogens is 419 g/mol. The van der Waals surface area contributed by atoms with Crippen molar-refractivity contribution in [2.24, 2.45) is 0 Å². The second kappa shape index (κ2) is 8.57. The molecule has 0 spiro atoms. The van der Waals surface area contributed by atoms with Crippen LogP contribution < -0.4 is 10.1 Å². The molecule has 6 nitrogen and oxygen atoms in total. The molecule has 0 saturated carbocycles. The topological polar surface area (TPSA) is 69.0 Å². The minimum Gasteiger partial charge on any atom is -0.497 e. The molecule has 4 rings (SSSR count). The molecule has 3 aromatic carbocycles. The maximum atomic E-state index is 13.4. The van der Waals surface area contributed by atoms with E-state index < -0.39 is 5.91 Å². The SMILES string of the molecule is COc1cccc(NC(=O)c2nc(-c3ccc(F)cc3)n(-c3ccc(C)c(Cl)c3)n2)c1. The van der Waals surface area contributed by atoms with Gasteiger partial charge in [0.05, 0.1) is 12.8 Å². The molecule has 1 N–H and O–H groups in total. The summed E-state index contributed by atoms with van der Waals surface area (Å²) in [5, 5.41) is 7.72. The number of anilines is 1. The number of carbonyl (C=O) groups is 1. The lowest BCUT2D eigenvalue weighted by molar-refractivity contribution is 0.101. The van der Waals surface area contributed by atoms with Crippen molar-refractivity contribution < 1.29 is 13.9 Å². The number of halogens is 2. The van der Waals surface area contributed by atoms with E-state index in [4.69, 9.17) is 16.3 Å². The molecule has 8 heteroatoms. The van der Waals surface area contributed by atoms with Gasteiger partial charge in [0.2, 0.25) is 5.82 Å². The van der Waals surface area contributed by atoms with Crippen LogP contribution in [0.5, 0.6) is 5.75 Å². The van der Waals surface area contributed by atoms with Crippen molar-refractivity contribution in [1.82, 2.24) is 14.8 Å². The van der Waals surface area contributed by atoms with Gasteiger partial charge in [-0.1, -0.05) is 23.7 Å². The van der Waals surface area contributed by atoms with Gasteiger partial charge in [-0.2, -0.15) is 0 Å². The first-order chi connectivity index (χ1) is 14.9. The fraction of sp³-hybridized carbons (Fsp3) is 0.0870. The van der Waals surface area contributed by atoms with Crippen LogP contribution >= 0.6 is 11.6 Å². The number of nitrogens with one attached hydrogen (secondary N) is 1. The summed E-state index contributed by atoms with van der Waals surface area (Å²) in [5.41, 5.74) is 2.68. The van der Waals surface area contributed by atoms with Gasteiger partial charge in [0, 0.05) is 22.3 Å². The van der Waals surface area contributed by atoms with Gasteiger partial charge in [-0.05, 0) is 61.0 Å². The summed E-state index contributed by atoms with van der Waals surface area (Å²) in [6.07, 6.45) is 0. The molecule has 0 radical (unpaired) electrons. The zero-order valence-corrected chi connectivity index (χ0v) is 17.5. The number of hydrogen-bond acceptors (Lipinski definition) is 4. The highest BCUT2D eigenvalue weighted by molar-refractivity contribution is 6.31. The normalized spacial score (nSPS) is 10.7. The first kappa shape index (κ1) is 20.6. The minimum absolute atomic E-state index is 0.0427. The molecule has 0 atom stereocenters. The lowest BCUT2D eigenvalue weighted by atomic mass is 10.2. The van der Waals surface area contributed by atoms with Crippen molar-refractivity contribution in [2.45, 2.75) is 6.92 Å². The fourth-order valence-electron chi connectivity index (χ4n) is 2.98. The molecule has 0 aliphatic heterocycles. The fourth-order valence-corrected chi connectivity index (χ4v) is 3.15. The lowest BCUT2D eigenvalue weighted by Crippen LogP contribution is -2.14. The predicted molar refractivity (Wildman–Crippen MR) is 117 cm³/mol. The molecule has 4 aromatic rings. The third-order valence-electron chi connectivity index (χ3n) is 4.64.